The van der Waals surface area contributed by atoms with Gasteiger partial charge in [-0.15, -0.1) is 0 Å². The van der Waals surface area contributed by atoms with Crippen molar-refractivity contribution in [3.05, 3.63) is 60.2 Å². The SMILES string of the molecule is c1ccccc(CCNC2CCCCCCCCCCCC2)cccc1. The molecule has 0 saturated heterocycles. The molecule has 0 heterocycles. The highest BCUT2D eigenvalue weighted by Gasteiger charge is 2.08. The molecule has 0 bridgehead atoms. The molecule has 1 aromatic rings. The standard InChI is InChI=1S/C25H39N/c1-2-4-9-13-17-21-25(20-16-12-8-3-1)26-23-22-24-18-14-10-6-5-7-11-15-19-24/h5-7,10-11,14-15,18-19,25-26H,1-4,8-9,12-13,16-17,20-23H2. The van der Waals surface area contributed by atoms with Crippen molar-refractivity contribution in [2.75, 3.05) is 6.54 Å². The summed E-state index contributed by atoms with van der Waals surface area (Å²) in [5.41, 5.74) is 1.40. The summed E-state index contributed by atoms with van der Waals surface area (Å²) < 4.78 is 0. The van der Waals surface area contributed by atoms with Crippen LogP contribution in [0.2, 0.25) is 0 Å². The van der Waals surface area contributed by atoms with E-state index in [2.05, 4.69) is 59.9 Å². The molecular formula is C25H39N. The van der Waals surface area contributed by atoms with Crippen LogP contribution < -0.4 is 5.32 Å². The molecule has 1 saturated carbocycles. The second-order valence-electron chi connectivity index (χ2n) is 7.77. The molecule has 1 aliphatic carbocycles. The Labute approximate surface area is 161 Å². The maximum absolute atomic E-state index is 3.87. The lowest BCUT2D eigenvalue weighted by atomic mass is 10.0. The monoisotopic (exact) mass is 353 g/mol. The van der Waals surface area contributed by atoms with Crippen molar-refractivity contribution in [2.24, 2.45) is 0 Å². The third-order valence-electron chi connectivity index (χ3n) is 5.49. The zero-order valence-corrected chi connectivity index (χ0v) is 16.7. The van der Waals surface area contributed by atoms with Crippen LogP contribution in [0.3, 0.4) is 0 Å². The van der Waals surface area contributed by atoms with Gasteiger partial charge in [0.2, 0.25) is 0 Å². The molecule has 1 nitrogen and oxygen atoms in total. The topological polar surface area (TPSA) is 12.0 Å². The normalized spacial score (nSPS) is 18.0. The van der Waals surface area contributed by atoms with Crippen molar-refractivity contribution in [1.29, 1.82) is 0 Å². The van der Waals surface area contributed by atoms with E-state index >= 15 is 0 Å². The van der Waals surface area contributed by atoms with Crippen molar-refractivity contribution in [2.45, 2.75) is 89.5 Å². The molecule has 144 valence electrons. The molecule has 26 heavy (non-hydrogen) atoms. The third-order valence-corrected chi connectivity index (χ3v) is 5.49. The zero-order chi connectivity index (χ0) is 18.1. The smallest absolute Gasteiger partial charge is 0.00671 e. The van der Waals surface area contributed by atoms with Gasteiger partial charge in [-0.05, 0) is 31.4 Å². The first kappa shape index (κ1) is 21.0. The van der Waals surface area contributed by atoms with E-state index in [4.69, 9.17) is 0 Å². The minimum Gasteiger partial charge on any atom is -0.314 e. The summed E-state index contributed by atoms with van der Waals surface area (Å²) >= 11 is 0. The molecule has 1 N–H and O–H groups in total. The molecule has 1 aromatic carbocycles. The molecular weight excluding hydrogens is 314 g/mol. The van der Waals surface area contributed by atoms with Crippen LogP contribution in [0, 0.1) is 0 Å². The zero-order valence-electron chi connectivity index (χ0n) is 16.7. The Balaban J connectivity index is 1.79. The van der Waals surface area contributed by atoms with E-state index in [1.54, 1.807) is 0 Å². The van der Waals surface area contributed by atoms with E-state index in [1.807, 2.05) is 0 Å². The van der Waals surface area contributed by atoms with Crippen molar-refractivity contribution in [3.63, 3.8) is 0 Å². The average molecular weight is 354 g/mol. The number of hydrogen-bond acceptors (Lipinski definition) is 1. The van der Waals surface area contributed by atoms with Crippen molar-refractivity contribution in [3.8, 4) is 0 Å². The van der Waals surface area contributed by atoms with Gasteiger partial charge in [-0.3, -0.25) is 0 Å². The Morgan fingerprint density at radius 3 is 1.50 bits per heavy atom. The van der Waals surface area contributed by atoms with Gasteiger partial charge in [0, 0.05) is 6.04 Å². The van der Waals surface area contributed by atoms with E-state index < -0.39 is 0 Å². The number of rotatable bonds is 4. The van der Waals surface area contributed by atoms with Crippen molar-refractivity contribution < 1.29 is 0 Å². The fraction of sp³-hybridized carbons (Fsp3) is 0.600. The fourth-order valence-corrected chi connectivity index (χ4v) is 3.87. The molecule has 0 radical (unpaired) electrons. The highest BCUT2D eigenvalue weighted by atomic mass is 14.9. The highest BCUT2D eigenvalue weighted by molar-refractivity contribution is 5.12. The molecule has 0 amide bonds. The summed E-state index contributed by atoms with van der Waals surface area (Å²) in [6.45, 7) is 1.09. The van der Waals surface area contributed by atoms with E-state index in [0.717, 1.165) is 19.0 Å². The van der Waals surface area contributed by atoms with Crippen molar-refractivity contribution in [1.82, 2.24) is 5.32 Å². The van der Waals surface area contributed by atoms with Crippen LogP contribution in [-0.4, -0.2) is 12.6 Å². The van der Waals surface area contributed by atoms with Gasteiger partial charge >= 0.3 is 0 Å². The Morgan fingerprint density at radius 2 is 1.00 bits per heavy atom. The quantitative estimate of drug-likeness (QED) is 0.614. The fourth-order valence-electron chi connectivity index (χ4n) is 3.87. The second kappa shape index (κ2) is 14.8. The van der Waals surface area contributed by atoms with Crippen molar-refractivity contribution >= 4 is 0 Å². The largest absolute Gasteiger partial charge is 0.314 e. The Bertz CT molecular complexity index is 470. The van der Waals surface area contributed by atoms with Crippen LogP contribution in [-0.2, 0) is 6.42 Å². The van der Waals surface area contributed by atoms with Crippen LogP contribution in [0.1, 0.15) is 82.6 Å². The number of hydrogen-bond donors (Lipinski definition) is 1. The highest BCUT2D eigenvalue weighted by Crippen LogP contribution is 2.17. The van der Waals surface area contributed by atoms with Crippen LogP contribution >= 0.6 is 0 Å². The van der Waals surface area contributed by atoms with E-state index in [0.29, 0.717) is 0 Å². The van der Waals surface area contributed by atoms with Gasteiger partial charge in [-0.1, -0.05) is 119 Å². The van der Waals surface area contributed by atoms with Gasteiger partial charge < -0.3 is 5.32 Å². The van der Waals surface area contributed by atoms with E-state index in [-0.39, 0.29) is 0 Å². The number of nitrogens with one attached hydrogen (secondary N) is 1. The van der Waals surface area contributed by atoms with Gasteiger partial charge in [-0.25, -0.2) is 0 Å². The molecule has 0 unspecified atom stereocenters. The summed E-state index contributed by atoms with van der Waals surface area (Å²) in [5.74, 6) is 0. The maximum atomic E-state index is 3.87. The van der Waals surface area contributed by atoms with Gasteiger partial charge in [0.25, 0.3) is 0 Å². The minimum atomic E-state index is 0.721. The lowest BCUT2D eigenvalue weighted by Gasteiger charge is -2.19. The van der Waals surface area contributed by atoms with E-state index in [9.17, 15) is 0 Å². The Hall–Kier alpha value is -1.34. The Morgan fingerprint density at radius 1 is 0.577 bits per heavy atom. The van der Waals surface area contributed by atoms with Crippen LogP contribution in [0.4, 0.5) is 0 Å². The van der Waals surface area contributed by atoms with Gasteiger partial charge in [0.15, 0.2) is 0 Å². The summed E-state index contributed by atoms with van der Waals surface area (Å²) in [6, 6.07) is 19.9. The average Bonchev–Trinajstić information content (AvgIpc) is 2.69. The molecule has 0 aliphatic heterocycles. The third kappa shape index (κ3) is 10.6. The molecule has 2 rings (SSSR count). The summed E-state index contributed by atoms with van der Waals surface area (Å²) in [4.78, 5) is 0. The predicted octanol–water partition coefficient (Wildman–Crippen LogP) is 7.01. The summed E-state index contributed by atoms with van der Waals surface area (Å²) in [6.07, 6.45) is 18.2. The lowest BCUT2D eigenvalue weighted by Crippen LogP contribution is -2.31. The summed E-state index contributed by atoms with van der Waals surface area (Å²) in [7, 11) is 0. The molecule has 1 aliphatic rings. The minimum absolute atomic E-state index is 0.721. The lowest BCUT2D eigenvalue weighted by molar-refractivity contribution is 0.419. The van der Waals surface area contributed by atoms with Crippen LogP contribution in [0.15, 0.2) is 54.6 Å². The van der Waals surface area contributed by atoms with Gasteiger partial charge in [0.1, 0.15) is 0 Å². The van der Waals surface area contributed by atoms with Crippen LogP contribution in [0.5, 0.6) is 0 Å². The Kier molecular flexibility index (Phi) is 11.9. The molecule has 0 atom stereocenters. The first-order chi connectivity index (χ1) is 12.9. The molecule has 1 fully saturated rings. The summed E-state index contributed by atoms with van der Waals surface area (Å²) in [5, 5.41) is 3.87. The van der Waals surface area contributed by atoms with E-state index in [1.165, 1.54) is 82.6 Å². The maximum Gasteiger partial charge on any atom is 0.00671 e. The first-order valence-electron chi connectivity index (χ1n) is 11.1. The molecule has 1 heteroatoms. The predicted molar refractivity (Wildman–Crippen MR) is 115 cm³/mol. The van der Waals surface area contributed by atoms with Crippen LogP contribution in [0.25, 0.3) is 0 Å². The van der Waals surface area contributed by atoms with Gasteiger partial charge in [0.05, 0.1) is 0 Å². The second-order valence-corrected chi connectivity index (χ2v) is 7.77. The molecule has 0 aromatic heterocycles. The molecule has 0 spiro atoms. The van der Waals surface area contributed by atoms with Gasteiger partial charge in [-0.2, -0.15) is 0 Å². The first-order valence-corrected chi connectivity index (χ1v) is 11.1.